The summed E-state index contributed by atoms with van der Waals surface area (Å²) in [6.07, 6.45) is 1.97. The molecule has 178 valence electrons. The Hall–Kier alpha value is -1.98. The molecule has 2 fully saturated rings. The van der Waals surface area contributed by atoms with Crippen LogP contribution >= 0.6 is 0 Å². The summed E-state index contributed by atoms with van der Waals surface area (Å²) < 4.78 is 55.7. The average Bonchev–Trinajstić information content (AvgIpc) is 3.40. The number of amides is 1. The number of esters is 1. The fourth-order valence-electron chi connectivity index (χ4n) is 4.02. The Balaban J connectivity index is 1.67. The van der Waals surface area contributed by atoms with Crippen LogP contribution in [0.4, 0.5) is 0 Å². The molecule has 2 aliphatic rings. The predicted octanol–water partition coefficient (Wildman–Crippen LogP) is 1.30. The van der Waals surface area contributed by atoms with Crippen molar-refractivity contribution in [3.05, 3.63) is 29.8 Å². The molecule has 0 saturated carbocycles. The van der Waals surface area contributed by atoms with Gasteiger partial charge >= 0.3 is 5.97 Å². The van der Waals surface area contributed by atoms with Crippen molar-refractivity contribution in [3.8, 4) is 0 Å². The van der Waals surface area contributed by atoms with Crippen LogP contribution in [0.3, 0.4) is 0 Å². The average molecular weight is 487 g/mol. The highest BCUT2D eigenvalue weighted by Gasteiger charge is 2.35. The summed E-state index contributed by atoms with van der Waals surface area (Å²) in [6, 6.07) is 5.17. The van der Waals surface area contributed by atoms with E-state index in [0.29, 0.717) is 26.1 Å². The van der Waals surface area contributed by atoms with Crippen LogP contribution in [-0.2, 0) is 29.4 Å². The lowest BCUT2D eigenvalue weighted by molar-refractivity contribution is -0.137. The highest BCUT2D eigenvalue weighted by molar-refractivity contribution is 7.91. The Morgan fingerprint density at radius 2 is 1.91 bits per heavy atom. The summed E-state index contributed by atoms with van der Waals surface area (Å²) >= 11 is 0. The molecular weight excluding hydrogens is 456 g/mol. The van der Waals surface area contributed by atoms with E-state index in [0.717, 1.165) is 12.8 Å². The van der Waals surface area contributed by atoms with E-state index in [1.54, 1.807) is 0 Å². The first-order valence-electron chi connectivity index (χ1n) is 10.8. The zero-order valence-corrected chi connectivity index (χ0v) is 20.0. The number of sulfone groups is 1. The number of carbonyl (C=O) groups excluding carboxylic acids is 2. The fourth-order valence-corrected chi connectivity index (χ4v) is 7.32. The van der Waals surface area contributed by atoms with Gasteiger partial charge in [-0.3, -0.25) is 4.79 Å². The van der Waals surface area contributed by atoms with Crippen LogP contribution in [0.2, 0.25) is 0 Å². The minimum atomic E-state index is -3.68. The van der Waals surface area contributed by atoms with E-state index in [1.807, 2.05) is 13.8 Å². The van der Waals surface area contributed by atoms with E-state index >= 15 is 0 Å². The van der Waals surface area contributed by atoms with Crippen molar-refractivity contribution in [3.63, 3.8) is 0 Å². The van der Waals surface area contributed by atoms with Gasteiger partial charge in [-0.1, -0.05) is 19.9 Å². The number of nitrogens with zero attached hydrogens (tertiary/aromatic N) is 2. The summed E-state index contributed by atoms with van der Waals surface area (Å²) in [5.41, 5.74) is 0.0388. The molecule has 1 aromatic rings. The lowest BCUT2D eigenvalue weighted by Gasteiger charge is -2.29. The van der Waals surface area contributed by atoms with Crippen LogP contribution in [0.25, 0.3) is 0 Å². The molecule has 0 N–H and O–H groups in total. The Morgan fingerprint density at radius 1 is 1.22 bits per heavy atom. The largest absolute Gasteiger partial charge is 0.452 e. The second-order valence-corrected chi connectivity index (χ2v) is 12.9. The standard InChI is InChI=1S/C21H30N2O7S2/c1-16(2)13-23(18-8-11-31(26,27)15-18)20(24)14-30-21(25)17-6-5-7-19(12-17)32(28,29)22-9-3-4-10-22/h5-7,12,16,18H,3-4,8-11,13-15H2,1-2H3. The van der Waals surface area contributed by atoms with Crippen molar-refractivity contribution in [2.24, 2.45) is 5.92 Å². The van der Waals surface area contributed by atoms with Gasteiger partial charge in [0.25, 0.3) is 5.91 Å². The number of carbonyl (C=O) groups is 2. The number of rotatable bonds is 8. The van der Waals surface area contributed by atoms with Crippen LogP contribution in [0, 0.1) is 5.92 Å². The van der Waals surface area contributed by atoms with Crippen LogP contribution in [0.1, 0.15) is 43.5 Å². The summed E-state index contributed by atoms with van der Waals surface area (Å²) in [5.74, 6) is -1.20. The van der Waals surface area contributed by atoms with Gasteiger partial charge in [-0.05, 0) is 43.4 Å². The van der Waals surface area contributed by atoms with Gasteiger partial charge in [0.1, 0.15) is 0 Å². The second kappa shape index (κ2) is 9.88. The van der Waals surface area contributed by atoms with Gasteiger partial charge < -0.3 is 9.64 Å². The molecule has 1 atom stereocenters. The molecule has 2 saturated heterocycles. The molecule has 0 aromatic heterocycles. The third-order valence-corrected chi connectivity index (χ3v) is 9.28. The van der Waals surface area contributed by atoms with Gasteiger partial charge in [-0.2, -0.15) is 4.31 Å². The Kier molecular flexibility index (Phi) is 7.61. The summed E-state index contributed by atoms with van der Waals surface area (Å²) in [7, 11) is -6.85. The van der Waals surface area contributed by atoms with Crippen molar-refractivity contribution in [1.29, 1.82) is 0 Å². The molecule has 0 radical (unpaired) electrons. The summed E-state index contributed by atoms with van der Waals surface area (Å²) in [6.45, 7) is 4.57. The van der Waals surface area contributed by atoms with Crippen LogP contribution in [0.5, 0.6) is 0 Å². The molecule has 0 aliphatic carbocycles. The first-order chi connectivity index (χ1) is 15.0. The topological polar surface area (TPSA) is 118 Å². The zero-order chi connectivity index (χ0) is 23.5. The molecule has 32 heavy (non-hydrogen) atoms. The van der Waals surface area contributed by atoms with Crippen LogP contribution in [-0.4, -0.2) is 81.7 Å². The number of hydrogen-bond acceptors (Lipinski definition) is 7. The maximum atomic E-state index is 12.8. The Morgan fingerprint density at radius 3 is 2.50 bits per heavy atom. The normalized spacial score (nSPS) is 21.0. The Labute approximate surface area is 189 Å². The SMILES string of the molecule is CC(C)CN(C(=O)COC(=O)c1cccc(S(=O)(=O)N2CCCC2)c1)C1CCS(=O)(=O)C1. The van der Waals surface area contributed by atoms with E-state index in [9.17, 15) is 26.4 Å². The summed E-state index contributed by atoms with van der Waals surface area (Å²) in [4.78, 5) is 26.8. The molecular formula is C21H30N2O7S2. The van der Waals surface area contributed by atoms with E-state index in [2.05, 4.69) is 0 Å². The number of sulfonamides is 1. The van der Waals surface area contributed by atoms with Gasteiger partial charge in [0.2, 0.25) is 10.0 Å². The third kappa shape index (κ3) is 5.87. The van der Waals surface area contributed by atoms with Crippen molar-refractivity contribution in [2.45, 2.75) is 44.0 Å². The third-order valence-electron chi connectivity index (χ3n) is 5.63. The molecule has 1 aromatic carbocycles. The second-order valence-electron chi connectivity index (χ2n) is 8.71. The molecule has 2 aliphatic heterocycles. The predicted molar refractivity (Wildman–Crippen MR) is 118 cm³/mol. The number of ether oxygens (including phenoxy) is 1. The van der Waals surface area contributed by atoms with E-state index in [1.165, 1.54) is 33.5 Å². The van der Waals surface area contributed by atoms with E-state index in [-0.39, 0.29) is 27.9 Å². The molecule has 3 rings (SSSR count). The van der Waals surface area contributed by atoms with Crippen molar-refractivity contribution in [2.75, 3.05) is 37.7 Å². The van der Waals surface area contributed by atoms with Gasteiger partial charge in [0, 0.05) is 25.7 Å². The zero-order valence-electron chi connectivity index (χ0n) is 18.4. The maximum absolute atomic E-state index is 12.8. The molecule has 1 unspecified atom stereocenters. The van der Waals surface area contributed by atoms with E-state index in [4.69, 9.17) is 4.74 Å². The number of benzene rings is 1. The minimum absolute atomic E-state index is 0.0118. The highest BCUT2D eigenvalue weighted by Crippen LogP contribution is 2.22. The van der Waals surface area contributed by atoms with Crippen LogP contribution < -0.4 is 0 Å². The first-order valence-corrected chi connectivity index (χ1v) is 14.0. The van der Waals surface area contributed by atoms with Crippen molar-refractivity contribution in [1.82, 2.24) is 9.21 Å². The molecule has 2 heterocycles. The minimum Gasteiger partial charge on any atom is -0.452 e. The molecule has 0 bridgehead atoms. The quantitative estimate of drug-likeness (QED) is 0.508. The van der Waals surface area contributed by atoms with Crippen LogP contribution in [0.15, 0.2) is 29.2 Å². The lowest BCUT2D eigenvalue weighted by atomic mass is 10.1. The fraction of sp³-hybridized carbons (Fsp3) is 0.619. The first kappa shape index (κ1) is 24.7. The van der Waals surface area contributed by atoms with Gasteiger partial charge in [-0.25, -0.2) is 21.6 Å². The van der Waals surface area contributed by atoms with Gasteiger partial charge in [0.15, 0.2) is 16.4 Å². The Bertz CT molecular complexity index is 1060. The molecule has 9 nitrogen and oxygen atoms in total. The van der Waals surface area contributed by atoms with Crippen molar-refractivity contribution >= 4 is 31.7 Å². The summed E-state index contributed by atoms with van der Waals surface area (Å²) in [5, 5.41) is 0. The lowest BCUT2D eigenvalue weighted by Crippen LogP contribution is -2.45. The maximum Gasteiger partial charge on any atom is 0.338 e. The highest BCUT2D eigenvalue weighted by atomic mass is 32.2. The van der Waals surface area contributed by atoms with Gasteiger partial charge in [0.05, 0.1) is 22.0 Å². The van der Waals surface area contributed by atoms with Gasteiger partial charge in [-0.15, -0.1) is 0 Å². The monoisotopic (exact) mass is 486 g/mol. The molecule has 11 heteroatoms. The molecule has 1 amide bonds. The number of hydrogen-bond donors (Lipinski definition) is 0. The molecule has 0 spiro atoms. The van der Waals surface area contributed by atoms with E-state index < -0.39 is 44.4 Å². The van der Waals surface area contributed by atoms with Crippen molar-refractivity contribution < 1.29 is 31.2 Å². The smallest absolute Gasteiger partial charge is 0.338 e.